The van der Waals surface area contributed by atoms with Gasteiger partial charge in [0.15, 0.2) is 0 Å². The Balaban J connectivity index is 0.00000243. The SMILES string of the molecule is CNCCC1CCN(C(=O)c2ccc(CN3CCCC3=O)cc2)CC1.Cl. The zero-order chi connectivity index (χ0) is 17.6. The van der Waals surface area contributed by atoms with Gasteiger partial charge in [0.25, 0.3) is 5.91 Å². The molecule has 6 heteroatoms. The number of hydrogen-bond acceptors (Lipinski definition) is 3. The molecule has 0 aliphatic carbocycles. The number of carbonyl (C=O) groups is 2. The van der Waals surface area contributed by atoms with Crippen LogP contribution in [0.2, 0.25) is 0 Å². The normalized spacial score (nSPS) is 18.1. The van der Waals surface area contributed by atoms with Crippen LogP contribution in [-0.4, -0.2) is 54.8 Å². The standard InChI is InChI=1S/C20H29N3O2.ClH/c1-21-11-8-16-9-13-22(14-10-16)20(25)18-6-4-17(5-7-18)15-23-12-2-3-19(23)24;/h4-7,16,21H,2-3,8-15H2,1H3;1H. The number of amides is 2. The molecular weight excluding hydrogens is 350 g/mol. The third-order valence-corrected chi connectivity index (χ3v) is 5.45. The zero-order valence-electron chi connectivity index (χ0n) is 15.6. The lowest BCUT2D eigenvalue weighted by molar-refractivity contribution is -0.128. The van der Waals surface area contributed by atoms with Crippen LogP contribution in [0.4, 0.5) is 0 Å². The third kappa shape index (κ3) is 5.21. The number of halogens is 1. The Labute approximate surface area is 162 Å². The van der Waals surface area contributed by atoms with Gasteiger partial charge in [-0.15, -0.1) is 12.4 Å². The van der Waals surface area contributed by atoms with Gasteiger partial charge >= 0.3 is 0 Å². The lowest BCUT2D eigenvalue weighted by Crippen LogP contribution is -2.39. The first-order valence-corrected chi connectivity index (χ1v) is 9.48. The van der Waals surface area contributed by atoms with Gasteiger partial charge in [-0.05, 0) is 62.9 Å². The molecule has 2 amide bonds. The van der Waals surface area contributed by atoms with Crippen LogP contribution in [-0.2, 0) is 11.3 Å². The molecule has 1 N–H and O–H groups in total. The second kappa shape index (κ2) is 9.93. The van der Waals surface area contributed by atoms with Gasteiger partial charge in [-0.3, -0.25) is 9.59 Å². The van der Waals surface area contributed by atoms with E-state index in [4.69, 9.17) is 0 Å². The fraction of sp³-hybridized carbons (Fsp3) is 0.600. The molecule has 0 atom stereocenters. The predicted molar refractivity (Wildman–Crippen MR) is 106 cm³/mol. The van der Waals surface area contributed by atoms with E-state index in [1.807, 2.05) is 41.1 Å². The van der Waals surface area contributed by atoms with Crippen LogP contribution in [0.15, 0.2) is 24.3 Å². The van der Waals surface area contributed by atoms with Gasteiger partial charge < -0.3 is 15.1 Å². The Hall–Kier alpha value is -1.59. The van der Waals surface area contributed by atoms with Crippen molar-refractivity contribution in [2.75, 3.05) is 33.2 Å². The van der Waals surface area contributed by atoms with E-state index in [0.717, 1.165) is 62.5 Å². The molecule has 3 rings (SSSR count). The number of rotatable bonds is 6. The van der Waals surface area contributed by atoms with Crippen LogP contribution < -0.4 is 5.32 Å². The Morgan fingerprint density at radius 1 is 1.15 bits per heavy atom. The van der Waals surface area contributed by atoms with Crippen LogP contribution >= 0.6 is 12.4 Å². The summed E-state index contributed by atoms with van der Waals surface area (Å²) in [5, 5.41) is 3.20. The van der Waals surface area contributed by atoms with Crippen LogP contribution in [0.1, 0.15) is 48.0 Å². The molecule has 2 aliphatic heterocycles. The molecule has 26 heavy (non-hydrogen) atoms. The average Bonchev–Trinajstić information content (AvgIpc) is 3.05. The highest BCUT2D eigenvalue weighted by Gasteiger charge is 2.24. The summed E-state index contributed by atoms with van der Waals surface area (Å²) in [5.74, 6) is 1.11. The highest BCUT2D eigenvalue weighted by Crippen LogP contribution is 2.22. The second-order valence-electron chi connectivity index (χ2n) is 7.24. The molecule has 2 heterocycles. The molecule has 0 bridgehead atoms. The molecule has 1 aromatic rings. The molecule has 0 aromatic heterocycles. The molecule has 1 aromatic carbocycles. The molecule has 2 saturated heterocycles. The van der Waals surface area contributed by atoms with E-state index in [0.29, 0.717) is 13.0 Å². The molecule has 2 aliphatic rings. The number of nitrogens with one attached hydrogen (secondary N) is 1. The van der Waals surface area contributed by atoms with Crippen LogP contribution in [0.25, 0.3) is 0 Å². The van der Waals surface area contributed by atoms with Crippen LogP contribution in [0, 0.1) is 5.92 Å². The Kier molecular flexibility index (Phi) is 7.91. The van der Waals surface area contributed by atoms with Gasteiger partial charge in [-0.1, -0.05) is 12.1 Å². The van der Waals surface area contributed by atoms with Gasteiger partial charge in [-0.25, -0.2) is 0 Å². The maximum atomic E-state index is 12.7. The minimum absolute atomic E-state index is 0. The highest BCUT2D eigenvalue weighted by molar-refractivity contribution is 5.94. The van der Waals surface area contributed by atoms with E-state index >= 15 is 0 Å². The highest BCUT2D eigenvalue weighted by atomic mass is 35.5. The topological polar surface area (TPSA) is 52.7 Å². The summed E-state index contributed by atoms with van der Waals surface area (Å²) in [4.78, 5) is 28.3. The lowest BCUT2D eigenvalue weighted by atomic mass is 9.93. The van der Waals surface area contributed by atoms with Gasteiger partial charge in [0.2, 0.25) is 5.91 Å². The van der Waals surface area contributed by atoms with Crippen molar-refractivity contribution in [3.8, 4) is 0 Å². The fourth-order valence-electron chi connectivity index (χ4n) is 3.80. The zero-order valence-corrected chi connectivity index (χ0v) is 16.4. The largest absolute Gasteiger partial charge is 0.339 e. The van der Waals surface area contributed by atoms with E-state index in [1.54, 1.807) is 0 Å². The lowest BCUT2D eigenvalue weighted by Gasteiger charge is -2.32. The average molecular weight is 380 g/mol. The number of nitrogens with zero attached hydrogens (tertiary/aromatic N) is 2. The summed E-state index contributed by atoms with van der Waals surface area (Å²) < 4.78 is 0. The first kappa shape index (κ1) is 20.7. The predicted octanol–water partition coefficient (Wildman–Crippen LogP) is 2.69. The van der Waals surface area contributed by atoms with Crippen molar-refractivity contribution in [2.24, 2.45) is 5.92 Å². The van der Waals surface area contributed by atoms with Gasteiger partial charge in [0.05, 0.1) is 0 Å². The van der Waals surface area contributed by atoms with Gasteiger partial charge in [0, 0.05) is 38.2 Å². The number of likely N-dealkylation sites (tertiary alicyclic amines) is 2. The molecule has 0 saturated carbocycles. The number of piperidine rings is 1. The molecule has 0 unspecified atom stereocenters. The van der Waals surface area contributed by atoms with Gasteiger partial charge in [-0.2, -0.15) is 0 Å². The third-order valence-electron chi connectivity index (χ3n) is 5.45. The number of carbonyl (C=O) groups excluding carboxylic acids is 2. The van der Waals surface area contributed by atoms with Crippen molar-refractivity contribution < 1.29 is 9.59 Å². The minimum Gasteiger partial charge on any atom is -0.339 e. The molecule has 0 radical (unpaired) electrons. The number of benzene rings is 1. The Morgan fingerprint density at radius 2 is 1.85 bits per heavy atom. The summed E-state index contributed by atoms with van der Waals surface area (Å²) in [5.41, 5.74) is 1.85. The molecule has 0 spiro atoms. The van der Waals surface area contributed by atoms with E-state index in [-0.39, 0.29) is 24.2 Å². The monoisotopic (exact) mass is 379 g/mol. The smallest absolute Gasteiger partial charge is 0.253 e. The Morgan fingerprint density at radius 3 is 2.42 bits per heavy atom. The van der Waals surface area contributed by atoms with Crippen molar-refractivity contribution in [1.82, 2.24) is 15.1 Å². The molecule has 144 valence electrons. The second-order valence-corrected chi connectivity index (χ2v) is 7.24. The summed E-state index contributed by atoms with van der Waals surface area (Å²) in [6, 6.07) is 7.79. The Bertz CT molecular complexity index is 598. The van der Waals surface area contributed by atoms with Crippen molar-refractivity contribution in [1.29, 1.82) is 0 Å². The van der Waals surface area contributed by atoms with Gasteiger partial charge in [0.1, 0.15) is 0 Å². The van der Waals surface area contributed by atoms with E-state index in [1.165, 1.54) is 6.42 Å². The summed E-state index contributed by atoms with van der Waals surface area (Å²) >= 11 is 0. The van der Waals surface area contributed by atoms with E-state index in [9.17, 15) is 9.59 Å². The van der Waals surface area contributed by atoms with Crippen molar-refractivity contribution in [3.05, 3.63) is 35.4 Å². The maximum Gasteiger partial charge on any atom is 0.253 e. The van der Waals surface area contributed by atoms with Crippen molar-refractivity contribution in [3.63, 3.8) is 0 Å². The number of hydrogen-bond donors (Lipinski definition) is 1. The van der Waals surface area contributed by atoms with Crippen LogP contribution in [0.5, 0.6) is 0 Å². The first-order chi connectivity index (χ1) is 12.2. The molecule has 5 nitrogen and oxygen atoms in total. The molecular formula is C20H30ClN3O2. The molecule has 2 fully saturated rings. The van der Waals surface area contributed by atoms with Crippen LogP contribution in [0.3, 0.4) is 0 Å². The minimum atomic E-state index is 0. The van der Waals surface area contributed by atoms with Crippen molar-refractivity contribution in [2.45, 2.75) is 38.6 Å². The summed E-state index contributed by atoms with van der Waals surface area (Å²) in [6.45, 7) is 4.28. The maximum absolute atomic E-state index is 12.7. The fourth-order valence-corrected chi connectivity index (χ4v) is 3.80. The first-order valence-electron chi connectivity index (χ1n) is 9.48. The quantitative estimate of drug-likeness (QED) is 0.826. The summed E-state index contributed by atoms with van der Waals surface area (Å²) in [6.07, 6.45) is 5.02. The van der Waals surface area contributed by atoms with E-state index < -0.39 is 0 Å². The summed E-state index contributed by atoms with van der Waals surface area (Å²) in [7, 11) is 1.99. The van der Waals surface area contributed by atoms with Crippen molar-refractivity contribution >= 4 is 24.2 Å². The van der Waals surface area contributed by atoms with E-state index in [2.05, 4.69) is 5.32 Å².